The molecule has 9 nitrogen and oxygen atoms in total. The maximum absolute atomic E-state index is 12.3. The van der Waals surface area contributed by atoms with Gasteiger partial charge in [0, 0.05) is 15.1 Å². The zero-order valence-corrected chi connectivity index (χ0v) is 18.5. The Morgan fingerprint density at radius 1 is 1.33 bits per heavy atom. The van der Waals surface area contributed by atoms with Gasteiger partial charge in [0.15, 0.2) is 6.04 Å². The molecule has 2 bridgehead atoms. The van der Waals surface area contributed by atoms with Crippen molar-refractivity contribution in [1.82, 2.24) is 10.6 Å². The molecule has 0 spiro atoms. The molecule has 0 saturated carbocycles. The molecule has 1 heterocycles. The second-order valence-corrected chi connectivity index (χ2v) is 8.26. The van der Waals surface area contributed by atoms with Gasteiger partial charge in [-0.2, -0.15) is 0 Å². The van der Waals surface area contributed by atoms with Crippen molar-refractivity contribution in [3.8, 4) is 5.75 Å². The first-order valence-electron chi connectivity index (χ1n) is 9.03. The summed E-state index contributed by atoms with van der Waals surface area (Å²) in [5.41, 5.74) is -0.736. The number of fused-ring (bicyclic) bond motifs is 2. The van der Waals surface area contributed by atoms with Crippen LogP contribution in [0.15, 0.2) is 36.1 Å². The molecule has 0 radical (unpaired) electrons. The highest BCUT2D eigenvalue weighted by Crippen LogP contribution is 2.40. The number of hydrogen-bond acceptors (Lipinski definition) is 6. The van der Waals surface area contributed by atoms with Gasteiger partial charge < -0.3 is 31.1 Å². The molecule has 1 aromatic rings. The maximum Gasteiger partial charge on any atom is 0.330 e. The number of amides is 2. The minimum Gasteiger partial charge on any atom is -0.516 e. The molecule has 0 aliphatic carbocycles. The number of carbonyl (C=O) groups excluding carboxylic acids is 2. The number of carbonyl (C=O) groups is 3. The van der Waals surface area contributed by atoms with Crippen LogP contribution in [0, 0.1) is 5.92 Å². The Morgan fingerprint density at radius 2 is 2.00 bits per heavy atom. The largest absolute Gasteiger partial charge is 0.516 e. The molecule has 1 aromatic carbocycles. The van der Waals surface area contributed by atoms with E-state index in [1.165, 1.54) is 13.0 Å². The van der Waals surface area contributed by atoms with Crippen LogP contribution in [0.5, 0.6) is 5.75 Å². The lowest BCUT2D eigenvalue weighted by molar-refractivity contribution is -0.140. The van der Waals surface area contributed by atoms with Crippen molar-refractivity contribution in [3.05, 3.63) is 47.2 Å². The van der Waals surface area contributed by atoms with Crippen LogP contribution in [0.4, 0.5) is 0 Å². The average molecular weight is 530 g/mol. The SMILES string of the molecule is CC(/C1=C(\I)c2cc(ccc2O)CC(=O)NCC(=O)NC1C(=O)O)C(C)(O)/C=C/O. The van der Waals surface area contributed by atoms with Crippen molar-refractivity contribution < 1.29 is 34.8 Å². The fraction of sp³-hybridized carbons (Fsp3) is 0.350. The Labute approximate surface area is 186 Å². The van der Waals surface area contributed by atoms with Gasteiger partial charge in [-0.3, -0.25) is 9.59 Å². The number of benzene rings is 1. The summed E-state index contributed by atoms with van der Waals surface area (Å²) in [6.07, 6.45) is 1.71. The number of carboxylic acid groups (broad SMARTS) is 1. The first-order valence-corrected chi connectivity index (χ1v) is 10.1. The summed E-state index contributed by atoms with van der Waals surface area (Å²) in [7, 11) is 0. The van der Waals surface area contributed by atoms with Crippen molar-refractivity contribution in [2.75, 3.05) is 6.54 Å². The van der Waals surface area contributed by atoms with Gasteiger partial charge in [-0.1, -0.05) is 13.0 Å². The van der Waals surface area contributed by atoms with E-state index < -0.39 is 41.9 Å². The van der Waals surface area contributed by atoms with Crippen molar-refractivity contribution in [1.29, 1.82) is 0 Å². The molecule has 1 aliphatic heterocycles. The minimum absolute atomic E-state index is 0.0390. The van der Waals surface area contributed by atoms with E-state index in [1.807, 2.05) is 22.6 Å². The van der Waals surface area contributed by atoms with Gasteiger partial charge in [-0.25, -0.2) is 4.79 Å². The van der Waals surface area contributed by atoms with E-state index in [9.17, 15) is 29.7 Å². The second kappa shape index (κ2) is 9.47. The number of nitrogens with one attached hydrogen (secondary N) is 2. The number of hydrogen-bond donors (Lipinski definition) is 6. The normalized spacial score (nSPS) is 23.5. The molecule has 0 aromatic heterocycles. The fourth-order valence-corrected chi connectivity index (χ4v) is 4.32. The summed E-state index contributed by atoms with van der Waals surface area (Å²) >= 11 is 1.85. The first-order chi connectivity index (χ1) is 14.0. The first kappa shape index (κ1) is 23.7. The molecule has 2 amide bonds. The molecule has 162 valence electrons. The number of rotatable bonds is 4. The second-order valence-electron chi connectivity index (χ2n) is 7.18. The Balaban J connectivity index is 2.82. The quantitative estimate of drug-likeness (QED) is 0.253. The van der Waals surface area contributed by atoms with E-state index in [2.05, 4.69) is 10.6 Å². The van der Waals surface area contributed by atoms with E-state index in [1.54, 1.807) is 19.1 Å². The van der Waals surface area contributed by atoms with Crippen molar-refractivity contribution >= 4 is 44.0 Å². The third-order valence-electron chi connectivity index (χ3n) is 4.98. The highest BCUT2D eigenvalue weighted by atomic mass is 127. The fourth-order valence-electron chi connectivity index (χ4n) is 3.11. The Hall–Kier alpha value is -2.60. The van der Waals surface area contributed by atoms with E-state index in [0.29, 0.717) is 15.4 Å². The molecule has 6 N–H and O–H groups in total. The lowest BCUT2D eigenvalue weighted by Gasteiger charge is -2.33. The average Bonchev–Trinajstić information content (AvgIpc) is 2.66. The topological polar surface area (TPSA) is 156 Å². The van der Waals surface area contributed by atoms with Crippen LogP contribution in [0.25, 0.3) is 3.58 Å². The monoisotopic (exact) mass is 530 g/mol. The zero-order valence-electron chi connectivity index (χ0n) is 16.3. The summed E-state index contributed by atoms with van der Waals surface area (Å²) in [6, 6.07) is 2.95. The van der Waals surface area contributed by atoms with E-state index >= 15 is 0 Å². The predicted molar refractivity (Wildman–Crippen MR) is 117 cm³/mol. The summed E-state index contributed by atoms with van der Waals surface area (Å²) in [5.74, 6) is -3.59. The van der Waals surface area contributed by atoms with Crippen LogP contribution in [0.2, 0.25) is 0 Å². The molecule has 3 atom stereocenters. The van der Waals surface area contributed by atoms with Crippen LogP contribution < -0.4 is 10.6 Å². The van der Waals surface area contributed by atoms with Crippen LogP contribution in [0.1, 0.15) is 25.0 Å². The molecule has 30 heavy (non-hydrogen) atoms. The molecule has 1 aliphatic rings. The van der Waals surface area contributed by atoms with E-state index in [-0.39, 0.29) is 23.3 Å². The van der Waals surface area contributed by atoms with Crippen molar-refractivity contribution in [2.45, 2.75) is 31.9 Å². The van der Waals surface area contributed by atoms with Crippen LogP contribution in [-0.2, 0) is 20.8 Å². The Morgan fingerprint density at radius 3 is 2.60 bits per heavy atom. The molecular formula is C20H23IN2O7. The molecule has 10 heteroatoms. The minimum atomic E-state index is -1.67. The third kappa shape index (κ3) is 5.30. The van der Waals surface area contributed by atoms with Gasteiger partial charge >= 0.3 is 5.97 Å². The molecule has 3 unspecified atom stereocenters. The van der Waals surface area contributed by atoms with Crippen LogP contribution in [0.3, 0.4) is 0 Å². The highest BCUT2D eigenvalue weighted by molar-refractivity contribution is 14.1. The number of aliphatic hydroxyl groups excluding tert-OH is 1. The summed E-state index contributed by atoms with van der Waals surface area (Å²) in [5, 5.41) is 44.9. The molecule has 0 saturated heterocycles. The van der Waals surface area contributed by atoms with E-state index in [4.69, 9.17) is 5.11 Å². The Bertz CT molecular complexity index is 924. The summed E-state index contributed by atoms with van der Waals surface area (Å²) in [6.45, 7) is 2.51. The Kier molecular flexibility index (Phi) is 7.48. The lowest BCUT2D eigenvalue weighted by atomic mass is 9.80. The van der Waals surface area contributed by atoms with Gasteiger partial charge in [0.2, 0.25) is 11.8 Å². The van der Waals surface area contributed by atoms with E-state index in [0.717, 1.165) is 6.08 Å². The van der Waals surface area contributed by atoms with Gasteiger partial charge in [0.25, 0.3) is 0 Å². The van der Waals surface area contributed by atoms with Crippen LogP contribution in [-0.4, -0.2) is 56.4 Å². The molecular weight excluding hydrogens is 507 g/mol. The highest BCUT2D eigenvalue weighted by Gasteiger charge is 2.38. The lowest BCUT2D eigenvalue weighted by Crippen LogP contribution is -2.49. The number of phenols is 1. The molecule has 0 fully saturated rings. The van der Waals surface area contributed by atoms with Crippen molar-refractivity contribution in [2.24, 2.45) is 5.92 Å². The van der Waals surface area contributed by atoms with Crippen molar-refractivity contribution in [3.63, 3.8) is 0 Å². The zero-order chi connectivity index (χ0) is 22.6. The van der Waals surface area contributed by atoms with Crippen LogP contribution >= 0.6 is 22.6 Å². The number of halogens is 1. The van der Waals surface area contributed by atoms with Gasteiger partial charge in [0.1, 0.15) is 5.75 Å². The smallest absolute Gasteiger partial charge is 0.330 e. The number of aromatic hydroxyl groups is 1. The van der Waals surface area contributed by atoms with Gasteiger partial charge in [-0.05, 0) is 58.9 Å². The van der Waals surface area contributed by atoms with Gasteiger partial charge in [0.05, 0.1) is 24.8 Å². The van der Waals surface area contributed by atoms with Gasteiger partial charge in [-0.15, -0.1) is 0 Å². The standard InChI is InChI=1S/C20H23IN2O7/c1-10(20(2,30)5-6-24)16-17(21)12-7-11(3-4-13(12)25)8-14(26)22-9-15(27)23-18(16)19(28)29/h3-7,10,18,24-25,30H,8-9H2,1-2H3,(H,22,26)(H,23,27)(H,28,29)/b6-5+,17-16+. The number of aliphatic carboxylic acids is 1. The number of phenolic OH excluding ortho intramolecular Hbond substituents is 1. The third-order valence-corrected chi connectivity index (χ3v) is 6.18. The number of aliphatic hydroxyl groups is 2. The predicted octanol–water partition coefficient (Wildman–Crippen LogP) is 1.24. The maximum atomic E-state index is 12.3. The number of carboxylic acids is 1. The summed E-state index contributed by atoms with van der Waals surface area (Å²) < 4.78 is 0.291. The molecule has 2 rings (SSSR count). The summed E-state index contributed by atoms with van der Waals surface area (Å²) in [4.78, 5) is 36.4.